The molecule has 2 heterocycles. The number of carbonyl (C=O) groups excluding carboxylic acids is 1. The normalized spacial score (nSPS) is 30.4. The standard InChI is InChI=1S/C22H31FN2O/c1-24-13-5-8-20-22(24)19(17-9-11-18(23)12-10-17)15-25(20)21(26)14-16-6-3-2-4-7-16/h9-12,16,19-20,22H,2-8,13-15H2,1H3/t19-,20-,22-/m1/s1. The zero-order valence-electron chi connectivity index (χ0n) is 15.9. The minimum atomic E-state index is -0.189. The molecular weight excluding hydrogens is 327 g/mol. The average molecular weight is 359 g/mol. The van der Waals surface area contributed by atoms with E-state index in [0.29, 0.717) is 29.8 Å². The van der Waals surface area contributed by atoms with E-state index in [4.69, 9.17) is 0 Å². The smallest absolute Gasteiger partial charge is 0.223 e. The summed E-state index contributed by atoms with van der Waals surface area (Å²) in [6, 6.07) is 7.62. The summed E-state index contributed by atoms with van der Waals surface area (Å²) in [7, 11) is 2.18. The number of benzene rings is 1. The predicted octanol–water partition coefficient (Wildman–Crippen LogP) is 4.18. The third-order valence-electron chi connectivity index (χ3n) is 6.93. The van der Waals surface area contributed by atoms with Gasteiger partial charge in [0.05, 0.1) is 0 Å². The fraction of sp³-hybridized carbons (Fsp3) is 0.682. The average Bonchev–Trinajstić information content (AvgIpc) is 3.04. The van der Waals surface area contributed by atoms with Crippen LogP contribution in [0.1, 0.15) is 62.8 Å². The SMILES string of the molecule is CN1CCC[C@@H]2[C@H]1[C@@H](c1ccc(F)cc1)CN2C(=O)CC1CCCCC1. The zero-order valence-corrected chi connectivity index (χ0v) is 15.9. The molecule has 2 saturated heterocycles. The molecule has 0 spiro atoms. The van der Waals surface area contributed by atoms with Crippen LogP contribution in [0.3, 0.4) is 0 Å². The molecule has 0 bridgehead atoms. The van der Waals surface area contributed by atoms with Crippen molar-refractivity contribution >= 4 is 5.91 Å². The molecule has 4 rings (SSSR count). The van der Waals surface area contributed by atoms with Crippen LogP contribution in [-0.4, -0.2) is 47.9 Å². The Morgan fingerprint density at radius 2 is 1.81 bits per heavy atom. The van der Waals surface area contributed by atoms with Gasteiger partial charge in [-0.25, -0.2) is 4.39 Å². The highest BCUT2D eigenvalue weighted by atomic mass is 19.1. The number of halogens is 1. The Balaban J connectivity index is 1.53. The van der Waals surface area contributed by atoms with Gasteiger partial charge < -0.3 is 9.80 Å². The first kappa shape index (κ1) is 18.0. The fourth-order valence-corrected chi connectivity index (χ4v) is 5.59. The van der Waals surface area contributed by atoms with Gasteiger partial charge in [0, 0.05) is 31.0 Å². The number of likely N-dealkylation sites (N-methyl/N-ethyl adjacent to an activating group) is 1. The first-order chi connectivity index (χ1) is 12.6. The Bertz CT molecular complexity index is 626. The van der Waals surface area contributed by atoms with Crippen LogP contribution in [0.15, 0.2) is 24.3 Å². The van der Waals surface area contributed by atoms with Crippen molar-refractivity contribution in [1.82, 2.24) is 9.80 Å². The highest BCUT2D eigenvalue weighted by Crippen LogP contribution is 2.40. The number of rotatable bonds is 3. The van der Waals surface area contributed by atoms with Crippen LogP contribution in [0.5, 0.6) is 0 Å². The molecule has 26 heavy (non-hydrogen) atoms. The molecule has 3 aliphatic rings. The van der Waals surface area contributed by atoms with Gasteiger partial charge in [0.25, 0.3) is 0 Å². The second kappa shape index (κ2) is 7.67. The molecule has 0 unspecified atom stereocenters. The summed E-state index contributed by atoms with van der Waals surface area (Å²) in [5.74, 6) is 1.04. The lowest BCUT2D eigenvalue weighted by Gasteiger charge is -2.39. The molecule has 0 radical (unpaired) electrons. The minimum Gasteiger partial charge on any atom is -0.337 e. The van der Waals surface area contributed by atoms with E-state index in [9.17, 15) is 9.18 Å². The predicted molar refractivity (Wildman–Crippen MR) is 101 cm³/mol. The van der Waals surface area contributed by atoms with E-state index in [1.165, 1.54) is 37.7 Å². The van der Waals surface area contributed by atoms with Crippen LogP contribution in [0.25, 0.3) is 0 Å². The first-order valence-corrected chi connectivity index (χ1v) is 10.4. The zero-order chi connectivity index (χ0) is 18.1. The minimum absolute atomic E-state index is 0.189. The summed E-state index contributed by atoms with van der Waals surface area (Å²) in [4.78, 5) is 17.8. The molecule has 142 valence electrons. The third-order valence-corrected chi connectivity index (χ3v) is 6.93. The van der Waals surface area contributed by atoms with Gasteiger partial charge >= 0.3 is 0 Å². The van der Waals surface area contributed by atoms with Gasteiger partial charge in [-0.1, -0.05) is 31.4 Å². The van der Waals surface area contributed by atoms with Crippen LogP contribution >= 0.6 is 0 Å². The molecule has 1 aliphatic carbocycles. The van der Waals surface area contributed by atoms with E-state index in [0.717, 1.165) is 32.4 Å². The van der Waals surface area contributed by atoms with Crippen LogP contribution < -0.4 is 0 Å². The van der Waals surface area contributed by atoms with E-state index in [1.807, 2.05) is 12.1 Å². The van der Waals surface area contributed by atoms with E-state index >= 15 is 0 Å². The lowest BCUT2D eigenvalue weighted by Crippen LogP contribution is -2.50. The molecule has 3 atom stereocenters. The van der Waals surface area contributed by atoms with E-state index in [1.54, 1.807) is 12.1 Å². The number of likely N-dealkylation sites (tertiary alicyclic amines) is 2. The molecule has 1 aromatic carbocycles. The van der Waals surface area contributed by atoms with E-state index in [2.05, 4.69) is 16.8 Å². The van der Waals surface area contributed by atoms with Crippen molar-refractivity contribution < 1.29 is 9.18 Å². The van der Waals surface area contributed by atoms with Crippen molar-refractivity contribution in [2.45, 2.75) is 69.4 Å². The lowest BCUT2D eigenvalue weighted by atomic mass is 9.86. The van der Waals surface area contributed by atoms with Gasteiger partial charge in [0.2, 0.25) is 5.91 Å². The van der Waals surface area contributed by atoms with Gasteiger partial charge in [-0.3, -0.25) is 4.79 Å². The van der Waals surface area contributed by atoms with Crippen LogP contribution in [0.2, 0.25) is 0 Å². The number of amides is 1. The first-order valence-electron chi connectivity index (χ1n) is 10.4. The maximum absolute atomic E-state index is 13.4. The molecule has 1 amide bonds. The van der Waals surface area contributed by atoms with E-state index in [-0.39, 0.29) is 5.82 Å². The molecule has 1 saturated carbocycles. The monoisotopic (exact) mass is 358 g/mol. The van der Waals surface area contributed by atoms with Gasteiger partial charge in [-0.15, -0.1) is 0 Å². The molecule has 0 N–H and O–H groups in total. The number of nitrogens with zero attached hydrogens (tertiary/aromatic N) is 2. The number of hydrogen-bond donors (Lipinski definition) is 0. The summed E-state index contributed by atoms with van der Waals surface area (Å²) >= 11 is 0. The van der Waals surface area contributed by atoms with Gasteiger partial charge in [0.1, 0.15) is 5.82 Å². The Labute approximate surface area is 156 Å². The quantitative estimate of drug-likeness (QED) is 0.809. The molecule has 4 heteroatoms. The van der Waals surface area contributed by atoms with E-state index < -0.39 is 0 Å². The van der Waals surface area contributed by atoms with Gasteiger partial charge in [0.15, 0.2) is 0 Å². The van der Waals surface area contributed by atoms with Crippen molar-refractivity contribution in [3.05, 3.63) is 35.6 Å². The molecule has 2 aliphatic heterocycles. The van der Waals surface area contributed by atoms with Crippen molar-refractivity contribution in [2.24, 2.45) is 5.92 Å². The maximum Gasteiger partial charge on any atom is 0.223 e. The van der Waals surface area contributed by atoms with Crippen molar-refractivity contribution in [3.8, 4) is 0 Å². The molecular formula is C22H31FN2O. The number of hydrogen-bond acceptors (Lipinski definition) is 2. The maximum atomic E-state index is 13.4. The van der Waals surface area contributed by atoms with Crippen molar-refractivity contribution in [1.29, 1.82) is 0 Å². The summed E-state index contributed by atoms with van der Waals surface area (Å²) in [6.45, 7) is 1.88. The number of piperidine rings is 1. The van der Waals surface area contributed by atoms with Crippen LogP contribution in [0.4, 0.5) is 4.39 Å². The van der Waals surface area contributed by atoms with Gasteiger partial charge in [-0.05, 0) is 62.9 Å². The molecule has 3 fully saturated rings. The molecule has 3 nitrogen and oxygen atoms in total. The highest BCUT2D eigenvalue weighted by Gasteiger charge is 2.47. The van der Waals surface area contributed by atoms with Crippen molar-refractivity contribution in [2.75, 3.05) is 20.1 Å². The Hall–Kier alpha value is -1.42. The Kier molecular flexibility index (Phi) is 5.30. The largest absolute Gasteiger partial charge is 0.337 e. The summed E-state index contributed by atoms with van der Waals surface area (Å²) in [5, 5.41) is 0. The number of fused-ring (bicyclic) bond motifs is 1. The Morgan fingerprint density at radius 3 is 2.54 bits per heavy atom. The van der Waals surface area contributed by atoms with Gasteiger partial charge in [-0.2, -0.15) is 0 Å². The second-order valence-electron chi connectivity index (χ2n) is 8.59. The highest BCUT2D eigenvalue weighted by molar-refractivity contribution is 5.77. The molecule has 1 aromatic rings. The lowest BCUT2D eigenvalue weighted by molar-refractivity contribution is -0.134. The van der Waals surface area contributed by atoms with Crippen molar-refractivity contribution in [3.63, 3.8) is 0 Å². The van der Waals surface area contributed by atoms with Crippen LogP contribution in [-0.2, 0) is 4.79 Å². The second-order valence-corrected chi connectivity index (χ2v) is 8.59. The summed E-state index contributed by atoms with van der Waals surface area (Å²) in [5.41, 5.74) is 1.17. The topological polar surface area (TPSA) is 23.6 Å². The van der Waals surface area contributed by atoms with Crippen LogP contribution in [0, 0.1) is 11.7 Å². The Morgan fingerprint density at radius 1 is 1.08 bits per heavy atom. The molecule has 0 aromatic heterocycles. The third kappa shape index (κ3) is 3.53. The fourth-order valence-electron chi connectivity index (χ4n) is 5.59. The summed E-state index contributed by atoms with van der Waals surface area (Å²) in [6.07, 6.45) is 9.31. The summed E-state index contributed by atoms with van der Waals surface area (Å²) < 4.78 is 13.4. The number of carbonyl (C=O) groups is 1.